The number of benzene rings is 1. The van der Waals surface area contributed by atoms with Crippen LogP contribution in [0.2, 0.25) is 0 Å². The Morgan fingerprint density at radius 2 is 1.95 bits per heavy atom. The van der Waals surface area contributed by atoms with E-state index in [0.29, 0.717) is 16.9 Å². The molecule has 1 fully saturated rings. The van der Waals surface area contributed by atoms with Crippen molar-refractivity contribution in [3.8, 4) is 5.75 Å². The summed E-state index contributed by atoms with van der Waals surface area (Å²) in [5.74, 6) is 0.477. The van der Waals surface area contributed by atoms with Crippen molar-refractivity contribution in [2.75, 3.05) is 7.11 Å². The summed E-state index contributed by atoms with van der Waals surface area (Å²) in [4.78, 5) is 11.5. The van der Waals surface area contributed by atoms with Gasteiger partial charge in [0.2, 0.25) is 0 Å². The summed E-state index contributed by atoms with van der Waals surface area (Å²) < 4.78 is 16.0. The highest BCUT2D eigenvalue weighted by Gasteiger charge is 2.53. The third kappa shape index (κ3) is 1.99. The van der Waals surface area contributed by atoms with Crippen LogP contribution in [0.1, 0.15) is 25.5 Å². The lowest BCUT2D eigenvalue weighted by Crippen LogP contribution is -2.14. The Balaban J connectivity index is 2.20. The second kappa shape index (κ2) is 4.33. The second-order valence-corrected chi connectivity index (χ2v) is 5.44. The Hall–Kier alpha value is -1.85. The van der Waals surface area contributed by atoms with Crippen molar-refractivity contribution in [3.05, 3.63) is 40.2 Å². The lowest BCUT2D eigenvalue weighted by molar-refractivity contribution is 0.133. The van der Waals surface area contributed by atoms with Crippen molar-refractivity contribution in [2.24, 2.45) is 0 Å². The van der Waals surface area contributed by atoms with E-state index in [9.17, 15) is 9.90 Å². The Morgan fingerprint density at radius 1 is 1.30 bits per heavy atom. The average molecular weight is 276 g/mol. The van der Waals surface area contributed by atoms with Gasteiger partial charge >= 0.3 is 5.63 Å². The molecular formula is C15H16O5. The van der Waals surface area contributed by atoms with Crippen LogP contribution >= 0.6 is 0 Å². The number of hydrogen-bond acceptors (Lipinski definition) is 5. The number of hydrogen-bond donors (Lipinski definition) is 1. The molecule has 0 spiro atoms. The fourth-order valence-corrected chi connectivity index (χ4v) is 2.48. The van der Waals surface area contributed by atoms with Gasteiger partial charge in [-0.1, -0.05) is 0 Å². The van der Waals surface area contributed by atoms with Crippen molar-refractivity contribution >= 4 is 11.0 Å². The zero-order valence-corrected chi connectivity index (χ0v) is 11.5. The van der Waals surface area contributed by atoms with E-state index in [0.717, 1.165) is 5.39 Å². The molecule has 20 heavy (non-hydrogen) atoms. The molecule has 1 aromatic heterocycles. The summed E-state index contributed by atoms with van der Waals surface area (Å²) in [7, 11) is 1.51. The topological polar surface area (TPSA) is 72.2 Å². The van der Waals surface area contributed by atoms with Gasteiger partial charge in [-0.3, -0.25) is 0 Å². The lowest BCUT2D eigenvalue weighted by atomic mass is 9.97. The fourth-order valence-electron chi connectivity index (χ4n) is 2.48. The molecule has 0 bridgehead atoms. The summed E-state index contributed by atoms with van der Waals surface area (Å²) in [5, 5.41) is 11.3. The minimum atomic E-state index is -0.908. The Bertz CT molecular complexity index is 716. The molecule has 2 atom stereocenters. The van der Waals surface area contributed by atoms with Gasteiger partial charge in [0.05, 0.1) is 18.3 Å². The van der Waals surface area contributed by atoms with Crippen LogP contribution in [0.3, 0.4) is 0 Å². The van der Waals surface area contributed by atoms with E-state index >= 15 is 0 Å². The van der Waals surface area contributed by atoms with Crippen LogP contribution in [0.5, 0.6) is 5.75 Å². The summed E-state index contributed by atoms with van der Waals surface area (Å²) in [6.07, 6.45) is -1.25. The molecule has 0 aliphatic carbocycles. The molecule has 1 aliphatic rings. The van der Waals surface area contributed by atoms with E-state index in [4.69, 9.17) is 13.9 Å². The number of ether oxygens (including phenoxy) is 2. The standard InChI is InChI=1S/C15H16O5/c1-15(2)14(20-15)12(17)11-9(18-3)6-4-8-5-7-10(16)19-13(8)11/h4-7,12,14,17H,1-3H3/t12-,14+/m1/s1. The van der Waals surface area contributed by atoms with Gasteiger partial charge in [-0.05, 0) is 32.0 Å². The average Bonchev–Trinajstić information content (AvgIpc) is 3.05. The van der Waals surface area contributed by atoms with Gasteiger partial charge in [0, 0.05) is 11.5 Å². The van der Waals surface area contributed by atoms with Gasteiger partial charge in [-0.15, -0.1) is 0 Å². The molecule has 0 unspecified atom stereocenters. The lowest BCUT2D eigenvalue weighted by Gasteiger charge is -2.15. The molecular weight excluding hydrogens is 260 g/mol. The van der Waals surface area contributed by atoms with E-state index in [2.05, 4.69) is 0 Å². The predicted octanol–water partition coefficient (Wildman–Crippen LogP) is 2.01. The number of rotatable bonds is 3. The first kappa shape index (κ1) is 13.1. The minimum Gasteiger partial charge on any atom is -0.496 e. The van der Waals surface area contributed by atoms with Gasteiger partial charge in [0.15, 0.2) is 0 Å². The summed E-state index contributed by atoms with van der Waals surface area (Å²) in [6, 6.07) is 6.54. The third-order valence-electron chi connectivity index (χ3n) is 3.65. The highest BCUT2D eigenvalue weighted by atomic mass is 16.6. The molecule has 1 aliphatic heterocycles. The maximum Gasteiger partial charge on any atom is 0.336 e. The Kier molecular flexibility index (Phi) is 2.84. The maximum atomic E-state index is 11.5. The highest BCUT2D eigenvalue weighted by molar-refractivity contribution is 5.82. The van der Waals surface area contributed by atoms with Crippen LogP contribution in [-0.4, -0.2) is 23.9 Å². The van der Waals surface area contributed by atoms with Gasteiger partial charge < -0.3 is 19.0 Å². The van der Waals surface area contributed by atoms with Crippen LogP contribution in [-0.2, 0) is 4.74 Å². The number of fused-ring (bicyclic) bond motifs is 1. The summed E-state index contributed by atoms with van der Waals surface area (Å²) in [5.41, 5.74) is -0.0501. The molecule has 106 valence electrons. The van der Waals surface area contributed by atoms with E-state index in [1.54, 1.807) is 18.2 Å². The van der Waals surface area contributed by atoms with E-state index in [1.165, 1.54) is 13.2 Å². The molecule has 1 N–H and O–H groups in total. The molecule has 0 amide bonds. The van der Waals surface area contributed by atoms with Crippen LogP contribution in [0.4, 0.5) is 0 Å². The zero-order chi connectivity index (χ0) is 14.5. The molecule has 5 nitrogen and oxygen atoms in total. The summed E-state index contributed by atoms with van der Waals surface area (Å²) >= 11 is 0. The first-order valence-corrected chi connectivity index (χ1v) is 6.40. The molecule has 0 radical (unpaired) electrons. The van der Waals surface area contributed by atoms with Gasteiger partial charge in [-0.25, -0.2) is 4.79 Å². The summed E-state index contributed by atoms with van der Waals surface area (Å²) in [6.45, 7) is 3.79. The fraction of sp³-hybridized carbons (Fsp3) is 0.400. The number of aliphatic hydroxyl groups excluding tert-OH is 1. The largest absolute Gasteiger partial charge is 0.496 e. The van der Waals surface area contributed by atoms with E-state index < -0.39 is 11.7 Å². The monoisotopic (exact) mass is 276 g/mol. The van der Waals surface area contributed by atoms with Crippen molar-refractivity contribution in [3.63, 3.8) is 0 Å². The molecule has 1 aromatic carbocycles. The Morgan fingerprint density at radius 3 is 2.55 bits per heavy atom. The molecule has 0 saturated carbocycles. The third-order valence-corrected chi connectivity index (χ3v) is 3.65. The maximum absolute atomic E-state index is 11.5. The molecule has 2 aromatic rings. The van der Waals surface area contributed by atoms with Crippen molar-refractivity contribution < 1.29 is 19.0 Å². The van der Waals surface area contributed by atoms with E-state index in [1.807, 2.05) is 13.8 Å². The number of aliphatic hydroxyl groups is 1. The SMILES string of the molecule is COc1ccc2ccc(=O)oc2c1[C@@H](O)[C@@H]1OC1(C)C. The number of methoxy groups -OCH3 is 1. The molecule has 3 rings (SSSR count). The van der Waals surface area contributed by atoms with E-state index in [-0.39, 0.29) is 11.7 Å². The van der Waals surface area contributed by atoms with Crippen LogP contribution in [0.25, 0.3) is 11.0 Å². The first-order valence-electron chi connectivity index (χ1n) is 6.40. The van der Waals surface area contributed by atoms with Gasteiger partial charge in [-0.2, -0.15) is 0 Å². The normalized spacial score (nSPS) is 21.7. The van der Waals surface area contributed by atoms with Crippen molar-refractivity contribution in [1.82, 2.24) is 0 Å². The molecule has 2 heterocycles. The Labute approximate surface area is 115 Å². The van der Waals surface area contributed by atoms with Crippen LogP contribution < -0.4 is 10.4 Å². The second-order valence-electron chi connectivity index (χ2n) is 5.44. The minimum absolute atomic E-state index is 0.340. The molecule has 5 heteroatoms. The predicted molar refractivity (Wildman–Crippen MR) is 72.9 cm³/mol. The first-order chi connectivity index (χ1) is 9.44. The van der Waals surface area contributed by atoms with Gasteiger partial charge in [0.25, 0.3) is 0 Å². The van der Waals surface area contributed by atoms with Gasteiger partial charge in [0.1, 0.15) is 23.5 Å². The highest BCUT2D eigenvalue weighted by Crippen LogP contribution is 2.47. The smallest absolute Gasteiger partial charge is 0.336 e. The quantitative estimate of drug-likeness (QED) is 0.686. The van der Waals surface area contributed by atoms with Crippen molar-refractivity contribution in [2.45, 2.75) is 31.7 Å². The zero-order valence-electron chi connectivity index (χ0n) is 11.5. The van der Waals surface area contributed by atoms with Crippen molar-refractivity contribution in [1.29, 1.82) is 0 Å². The molecule has 1 saturated heterocycles. The van der Waals surface area contributed by atoms with Crippen LogP contribution in [0.15, 0.2) is 33.5 Å². The number of epoxide rings is 1. The van der Waals surface area contributed by atoms with Crippen LogP contribution in [0, 0.1) is 0 Å².